The van der Waals surface area contributed by atoms with Gasteiger partial charge in [0.2, 0.25) is 0 Å². The van der Waals surface area contributed by atoms with Crippen LogP contribution < -0.4 is 19.1 Å². The number of fused-ring (bicyclic) bond motifs is 1. The zero-order valence-electron chi connectivity index (χ0n) is 16.1. The van der Waals surface area contributed by atoms with Crippen LogP contribution in [0.2, 0.25) is 0 Å². The summed E-state index contributed by atoms with van der Waals surface area (Å²) < 4.78 is 16.5. The molecule has 2 aromatic carbocycles. The molecule has 28 heavy (non-hydrogen) atoms. The molecular formula is C22H26N2O4. The van der Waals surface area contributed by atoms with Crippen LogP contribution >= 0.6 is 0 Å². The fraction of sp³-hybridized carbons (Fsp3) is 0.364. The van der Waals surface area contributed by atoms with Crippen molar-refractivity contribution in [3.8, 4) is 17.2 Å². The first-order chi connectivity index (χ1) is 13.7. The van der Waals surface area contributed by atoms with E-state index < -0.39 is 6.10 Å². The first-order valence-electron chi connectivity index (χ1n) is 9.61. The maximum atomic E-state index is 10.7. The molecule has 0 amide bonds. The highest BCUT2D eigenvalue weighted by molar-refractivity contribution is 5.51. The number of methoxy groups -OCH3 is 1. The van der Waals surface area contributed by atoms with Gasteiger partial charge in [-0.2, -0.15) is 0 Å². The Morgan fingerprint density at radius 2 is 1.93 bits per heavy atom. The van der Waals surface area contributed by atoms with Crippen LogP contribution in [0.15, 0.2) is 54.8 Å². The number of hydrogen-bond acceptors (Lipinski definition) is 6. The van der Waals surface area contributed by atoms with E-state index in [4.69, 9.17) is 14.2 Å². The summed E-state index contributed by atoms with van der Waals surface area (Å²) in [5, 5.41) is 10.7. The number of nitrogens with zero attached hydrogens (tertiary/aromatic N) is 2. The summed E-state index contributed by atoms with van der Waals surface area (Å²) in [6.07, 6.45) is 2.88. The van der Waals surface area contributed by atoms with Crippen molar-refractivity contribution < 1.29 is 19.3 Å². The fourth-order valence-electron chi connectivity index (χ4n) is 3.59. The molecule has 2 aliphatic rings. The van der Waals surface area contributed by atoms with Gasteiger partial charge < -0.3 is 24.2 Å². The summed E-state index contributed by atoms with van der Waals surface area (Å²) in [5.41, 5.74) is 2.02. The molecule has 1 N–H and O–H groups in total. The van der Waals surface area contributed by atoms with Gasteiger partial charge >= 0.3 is 0 Å². The highest BCUT2D eigenvalue weighted by Gasteiger charge is 2.21. The van der Waals surface area contributed by atoms with E-state index in [1.807, 2.05) is 36.4 Å². The topological polar surface area (TPSA) is 54.4 Å². The number of benzene rings is 2. The van der Waals surface area contributed by atoms with Crippen LogP contribution in [0.3, 0.4) is 0 Å². The summed E-state index contributed by atoms with van der Waals surface area (Å²) in [7, 11) is 1.69. The molecule has 0 radical (unpaired) electrons. The number of piperazine rings is 1. The molecule has 4 rings (SSSR count). The quantitative estimate of drug-likeness (QED) is 0.858. The molecule has 2 aliphatic heterocycles. The molecule has 0 aliphatic carbocycles. The largest absolute Gasteiger partial charge is 0.497 e. The molecule has 2 aromatic rings. The van der Waals surface area contributed by atoms with E-state index in [1.54, 1.807) is 13.4 Å². The number of aliphatic hydroxyl groups excluding tert-OH is 1. The SMILES string of the molecule is COc1cccc(N2CCN(CC(O)c3ccc4c(c3)OCC=CO4)CC2)c1. The van der Waals surface area contributed by atoms with E-state index >= 15 is 0 Å². The highest BCUT2D eigenvalue weighted by atomic mass is 16.5. The van der Waals surface area contributed by atoms with Gasteiger partial charge in [-0.15, -0.1) is 0 Å². The second kappa shape index (κ2) is 8.54. The van der Waals surface area contributed by atoms with Crippen molar-refractivity contribution in [3.63, 3.8) is 0 Å². The molecule has 148 valence electrons. The Morgan fingerprint density at radius 1 is 1.07 bits per heavy atom. The van der Waals surface area contributed by atoms with Crippen molar-refractivity contribution in [3.05, 3.63) is 60.4 Å². The second-order valence-corrected chi connectivity index (χ2v) is 7.01. The first-order valence-corrected chi connectivity index (χ1v) is 9.61. The van der Waals surface area contributed by atoms with E-state index in [0.717, 1.165) is 37.5 Å². The van der Waals surface area contributed by atoms with Crippen LogP contribution in [-0.2, 0) is 0 Å². The maximum Gasteiger partial charge on any atom is 0.168 e. The zero-order chi connectivity index (χ0) is 19.3. The standard InChI is InChI=1S/C22H26N2O4/c1-26-19-5-2-4-18(15-19)24-10-8-23(9-11-24)16-20(25)17-6-7-21-22(14-17)28-13-3-12-27-21/h2-7,12,14-15,20,25H,8-11,13,16H2,1H3. The van der Waals surface area contributed by atoms with Crippen LogP contribution in [0, 0.1) is 0 Å². The van der Waals surface area contributed by atoms with E-state index in [9.17, 15) is 5.11 Å². The number of rotatable bonds is 5. The van der Waals surface area contributed by atoms with Crippen LogP contribution in [-0.4, -0.2) is 56.4 Å². The molecular weight excluding hydrogens is 356 g/mol. The number of aliphatic hydroxyl groups is 1. The monoisotopic (exact) mass is 382 g/mol. The van der Waals surface area contributed by atoms with Gasteiger partial charge in [0.25, 0.3) is 0 Å². The van der Waals surface area contributed by atoms with Crippen LogP contribution in [0.4, 0.5) is 5.69 Å². The van der Waals surface area contributed by atoms with Crippen molar-refractivity contribution in [1.82, 2.24) is 4.90 Å². The molecule has 1 atom stereocenters. The number of anilines is 1. The molecule has 0 aromatic heterocycles. The van der Waals surface area contributed by atoms with E-state index in [-0.39, 0.29) is 0 Å². The van der Waals surface area contributed by atoms with Gasteiger partial charge in [-0.1, -0.05) is 12.1 Å². The normalized spacial score (nSPS) is 17.9. The van der Waals surface area contributed by atoms with E-state index in [1.165, 1.54) is 5.69 Å². The first kappa shape index (κ1) is 18.7. The average Bonchev–Trinajstić information content (AvgIpc) is 2.99. The maximum absolute atomic E-state index is 10.7. The summed E-state index contributed by atoms with van der Waals surface area (Å²) >= 11 is 0. The Morgan fingerprint density at radius 3 is 2.75 bits per heavy atom. The van der Waals surface area contributed by atoms with Crippen molar-refractivity contribution in [2.45, 2.75) is 6.10 Å². The predicted octanol–water partition coefficient (Wildman–Crippen LogP) is 2.84. The molecule has 6 heteroatoms. The molecule has 0 saturated carbocycles. The van der Waals surface area contributed by atoms with Gasteiger partial charge in [0.1, 0.15) is 12.4 Å². The third kappa shape index (κ3) is 4.24. The van der Waals surface area contributed by atoms with Gasteiger partial charge in [0.05, 0.1) is 19.5 Å². The average molecular weight is 382 g/mol. The zero-order valence-corrected chi connectivity index (χ0v) is 16.1. The van der Waals surface area contributed by atoms with Crippen molar-refractivity contribution in [2.75, 3.05) is 51.3 Å². The highest BCUT2D eigenvalue weighted by Crippen LogP contribution is 2.32. The lowest BCUT2D eigenvalue weighted by Crippen LogP contribution is -2.47. The van der Waals surface area contributed by atoms with E-state index in [0.29, 0.717) is 24.7 Å². The molecule has 0 bridgehead atoms. The lowest BCUT2D eigenvalue weighted by atomic mass is 10.1. The Bertz CT molecular complexity index is 831. The van der Waals surface area contributed by atoms with Crippen LogP contribution in [0.1, 0.15) is 11.7 Å². The van der Waals surface area contributed by atoms with Gasteiger partial charge in [-0.05, 0) is 35.9 Å². The molecule has 1 saturated heterocycles. The Hall–Kier alpha value is -2.70. The molecule has 1 unspecified atom stereocenters. The lowest BCUT2D eigenvalue weighted by Gasteiger charge is -2.37. The molecule has 0 spiro atoms. The fourth-order valence-corrected chi connectivity index (χ4v) is 3.59. The van der Waals surface area contributed by atoms with Gasteiger partial charge in [-0.3, -0.25) is 4.90 Å². The molecule has 6 nitrogen and oxygen atoms in total. The third-order valence-corrected chi connectivity index (χ3v) is 5.20. The smallest absolute Gasteiger partial charge is 0.168 e. The third-order valence-electron chi connectivity index (χ3n) is 5.20. The second-order valence-electron chi connectivity index (χ2n) is 7.01. The summed E-state index contributed by atoms with van der Waals surface area (Å²) in [5.74, 6) is 2.22. The van der Waals surface area contributed by atoms with Crippen LogP contribution in [0.25, 0.3) is 0 Å². The summed E-state index contributed by atoms with van der Waals surface area (Å²) in [6, 6.07) is 13.8. The minimum Gasteiger partial charge on any atom is -0.497 e. The van der Waals surface area contributed by atoms with Gasteiger partial charge in [0.15, 0.2) is 11.5 Å². The minimum absolute atomic E-state index is 0.471. The number of β-amino-alcohol motifs (C(OH)–C–C–N with tert-alkyl or cyclic N) is 1. The Balaban J connectivity index is 1.34. The van der Waals surface area contributed by atoms with Crippen molar-refractivity contribution in [2.24, 2.45) is 0 Å². The van der Waals surface area contributed by atoms with Crippen molar-refractivity contribution in [1.29, 1.82) is 0 Å². The number of hydrogen-bond donors (Lipinski definition) is 1. The minimum atomic E-state index is -0.562. The summed E-state index contributed by atoms with van der Waals surface area (Å²) in [6.45, 7) is 4.73. The van der Waals surface area contributed by atoms with Gasteiger partial charge in [0, 0.05) is 44.5 Å². The van der Waals surface area contributed by atoms with Crippen LogP contribution in [0.5, 0.6) is 17.2 Å². The Labute approximate surface area is 165 Å². The molecule has 2 heterocycles. The van der Waals surface area contributed by atoms with Gasteiger partial charge in [-0.25, -0.2) is 0 Å². The lowest BCUT2D eigenvalue weighted by molar-refractivity contribution is 0.109. The van der Waals surface area contributed by atoms with E-state index in [2.05, 4.69) is 21.9 Å². The predicted molar refractivity (Wildman–Crippen MR) is 108 cm³/mol. The number of ether oxygens (including phenoxy) is 3. The van der Waals surface area contributed by atoms with Crippen molar-refractivity contribution >= 4 is 5.69 Å². The Kier molecular flexibility index (Phi) is 5.69. The summed E-state index contributed by atoms with van der Waals surface area (Å²) in [4.78, 5) is 4.65. The molecule has 1 fully saturated rings.